The van der Waals surface area contributed by atoms with Gasteiger partial charge in [-0.15, -0.1) is 0 Å². The maximum Gasteiger partial charge on any atom is 0.210 e. The lowest BCUT2D eigenvalue weighted by atomic mass is 10.2. The Morgan fingerprint density at radius 1 is 0.875 bits per heavy atom. The van der Waals surface area contributed by atoms with Crippen LogP contribution >= 0.6 is 0 Å². The molecule has 0 amide bonds. The van der Waals surface area contributed by atoms with Crippen molar-refractivity contribution in [2.45, 2.75) is 35.5 Å². The van der Waals surface area contributed by atoms with Gasteiger partial charge >= 0.3 is 0 Å². The Hall–Kier alpha value is -1.85. The van der Waals surface area contributed by atoms with E-state index in [1.807, 2.05) is 7.05 Å². The van der Waals surface area contributed by atoms with Crippen molar-refractivity contribution >= 4 is 9.84 Å². The molecule has 5 heteroatoms. The molecule has 0 bridgehead atoms. The predicted molar refractivity (Wildman–Crippen MR) is 96.2 cm³/mol. The van der Waals surface area contributed by atoms with E-state index in [0.29, 0.717) is 12.4 Å². The molecule has 0 saturated carbocycles. The SMILES string of the molecule is CNCCCCCCOc1ccccc1S(=O)(=O)c1ccccc1. The molecular formula is C19H25NO3S. The second-order valence-corrected chi connectivity index (χ2v) is 7.55. The van der Waals surface area contributed by atoms with Gasteiger partial charge in [-0.25, -0.2) is 8.42 Å². The number of unbranched alkanes of at least 4 members (excludes halogenated alkanes) is 3. The van der Waals surface area contributed by atoms with Crippen molar-refractivity contribution < 1.29 is 13.2 Å². The first-order valence-electron chi connectivity index (χ1n) is 8.33. The molecule has 0 saturated heterocycles. The number of nitrogens with one attached hydrogen (secondary N) is 1. The van der Waals surface area contributed by atoms with Crippen LogP contribution in [-0.4, -0.2) is 28.6 Å². The highest BCUT2D eigenvalue weighted by Gasteiger charge is 2.21. The van der Waals surface area contributed by atoms with E-state index in [4.69, 9.17) is 4.74 Å². The second-order valence-electron chi connectivity index (χ2n) is 5.63. The molecule has 24 heavy (non-hydrogen) atoms. The fourth-order valence-electron chi connectivity index (χ4n) is 2.46. The van der Waals surface area contributed by atoms with Gasteiger partial charge in [0.15, 0.2) is 0 Å². The summed E-state index contributed by atoms with van der Waals surface area (Å²) in [6.07, 6.45) is 4.29. The highest BCUT2D eigenvalue weighted by Crippen LogP contribution is 2.29. The van der Waals surface area contributed by atoms with Gasteiger partial charge in [0.25, 0.3) is 0 Å². The number of benzene rings is 2. The first kappa shape index (κ1) is 18.5. The highest BCUT2D eigenvalue weighted by atomic mass is 32.2. The second kappa shape index (κ2) is 9.45. The fraction of sp³-hybridized carbons (Fsp3) is 0.368. The summed E-state index contributed by atoms with van der Waals surface area (Å²) in [5.41, 5.74) is 0. The summed E-state index contributed by atoms with van der Waals surface area (Å²) in [4.78, 5) is 0.513. The number of hydrogen-bond acceptors (Lipinski definition) is 4. The number of hydrogen-bond donors (Lipinski definition) is 1. The Morgan fingerprint density at radius 2 is 1.54 bits per heavy atom. The van der Waals surface area contributed by atoms with Crippen LogP contribution in [0.4, 0.5) is 0 Å². The van der Waals surface area contributed by atoms with Crippen molar-refractivity contribution in [1.82, 2.24) is 5.32 Å². The summed E-state index contributed by atoms with van der Waals surface area (Å²) in [6.45, 7) is 1.56. The summed E-state index contributed by atoms with van der Waals surface area (Å²) in [7, 11) is -1.61. The average Bonchev–Trinajstić information content (AvgIpc) is 2.62. The molecule has 0 spiro atoms. The first-order valence-corrected chi connectivity index (χ1v) is 9.81. The quantitative estimate of drug-likeness (QED) is 0.666. The van der Waals surface area contributed by atoms with E-state index in [2.05, 4.69) is 5.32 Å². The molecule has 0 radical (unpaired) electrons. The number of sulfone groups is 1. The zero-order chi connectivity index (χ0) is 17.3. The van der Waals surface area contributed by atoms with Gasteiger partial charge in [0.05, 0.1) is 11.5 Å². The lowest BCUT2D eigenvalue weighted by Gasteiger charge is -2.12. The van der Waals surface area contributed by atoms with Crippen LogP contribution in [0.5, 0.6) is 5.75 Å². The van der Waals surface area contributed by atoms with E-state index in [9.17, 15) is 8.42 Å². The van der Waals surface area contributed by atoms with Crippen LogP contribution in [0.3, 0.4) is 0 Å². The maximum absolute atomic E-state index is 12.8. The summed E-state index contributed by atoms with van der Waals surface area (Å²) in [5.74, 6) is 0.427. The third kappa shape index (κ3) is 5.08. The van der Waals surface area contributed by atoms with Gasteiger partial charge in [-0.3, -0.25) is 0 Å². The number of rotatable bonds is 10. The van der Waals surface area contributed by atoms with E-state index in [1.165, 1.54) is 0 Å². The van der Waals surface area contributed by atoms with Gasteiger partial charge in [0.1, 0.15) is 10.6 Å². The molecule has 0 aliphatic carbocycles. The van der Waals surface area contributed by atoms with Gasteiger partial charge in [-0.1, -0.05) is 43.2 Å². The molecular weight excluding hydrogens is 322 g/mol. The third-order valence-electron chi connectivity index (χ3n) is 3.77. The molecule has 130 valence electrons. The number of para-hydroxylation sites is 1. The van der Waals surface area contributed by atoms with E-state index in [0.717, 1.165) is 32.2 Å². The van der Waals surface area contributed by atoms with E-state index in [-0.39, 0.29) is 9.79 Å². The van der Waals surface area contributed by atoms with Gasteiger partial charge in [0.2, 0.25) is 9.84 Å². The topological polar surface area (TPSA) is 55.4 Å². The van der Waals surface area contributed by atoms with Crippen LogP contribution in [0.25, 0.3) is 0 Å². The summed E-state index contributed by atoms with van der Waals surface area (Å²) in [6, 6.07) is 15.3. The maximum atomic E-state index is 12.8. The Kier molecular flexibility index (Phi) is 7.28. The lowest BCUT2D eigenvalue weighted by molar-refractivity contribution is 0.297. The molecule has 0 unspecified atom stereocenters. The molecule has 2 aromatic rings. The molecule has 4 nitrogen and oxygen atoms in total. The smallest absolute Gasteiger partial charge is 0.210 e. The molecule has 1 N–H and O–H groups in total. The van der Waals surface area contributed by atoms with Crippen molar-refractivity contribution in [2.75, 3.05) is 20.2 Å². The third-order valence-corrected chi connectivity index (χ3v) is 5.58. The summed E-state index contributed by atoms with van der Waals surface area (Å²) >= 11 is 0. The van der Waals surface area contributed by atoms with E-state index >= 15 is 0 Å². The molecule has 0 atom stereocenters. The van der Waals surface area contributed by atoms with Crippen molar-refractivity contribution in [3.8, 4) is 5.75 Å². The lowest BCUT2D eigenvalue weighted by Crippen LogP contribution is -2.08. The molecule has 0 aromatic heterocycles. The van der Waals surface area contributed by atoms with Gasteiger partial charge in [-0.2, -0.15) is 0 Å². The van der Waals surface area contributed by atoms with Crippen LogP contribution in [0.2, 0.25) is 0 Å². The Balaban J connectivity index is 2.00. The van der Waals surface area contributed by atoms with E-state index in [1.54, 1.807) is 54.6 Å². The van der Waals surface area contributed by atoms with Crippen LogP contribution in [-0.2, 0) is 9.84 Å². The first-order chi connectivity index (χ1) is 11.7. The summed E-state index contributed by atoms with van der Waals surface area (Å²) < 4.78 is 31.3. The fourth-order valence-corrected chi connectivity index (χ4v) is 3.88. The Bertz CT molecular complexity index is 714. The Labute approximate surface area is 144 Å². The van der Waals surface area contributed by atoms with Gasteiger partial charge in [-0.05, 0) is 50.7 Å². The molecule has 0 heterocycles. The van der Waals surface area contributed by atoms with Crippen molar-refractivity contribution in [1.29, 1.82) is 0 Å². The largest absolute Gasteiger partial charge is 0.492 e. The van der Waals surface area contributed by atoms with Gasteiger partial charge in [0, 0.05) is 0 Å². The van der Waals surface area contributed by atoms with Crippen LogP contribution in [0.1, 0.15) is 25.7 Å². The van der Waals surface area contributed by atoms with Crippen LogP contribution in [0, 0.1) is 0 Å². The van der Waals surface area contributed by atoms with Crippen molar-refractivity contribution in [3.63, 3.8) is 0 Å². The average molecular weight is 347 g/mol. The minimum absolute atomic E-state index is 0.228. The predicted octanol–water partition coefficient (Wildman–Crippen LogP) is 3.68. The molecule has 2 rings (SSSR count). The van der Waals surface area contributed by atoms with E-state index < -0.39 is 9.84 Å². The number of ether oxygens (including phenoxy) is 1. The zero-order valence-corrected chi connectivity index (χ0v) is 14.9. The molecule has 0 fully saturated rings. The van der Waals surface area contributed by atoms with Crippen molar-refractivity contribution in [3.05, 3.63) is 54.6 Å². The standard InChI is InChI=1S/C19H25NO3S/c1-20-15-9-2-3-10-16-23-18-13-7-8-14-19(18)24(21,22)17-11-5-4-6-12-17/h4-8,11-14,20H,2-3,9-10,15-16H2,1H3. The Morgan fingerprint density at radius 3 is 2.29 bits per heavy atom. The zero-order valence-electron chi connectivity index (χ0n) is 14.1. The summed E-state index contributed by atoms with van der Waals surface area (Å²) in [5, 5.41) is 3.13. The minimum atomic E-state index is -3.56. The molecule has 2 aromatic carbocycles. The molecule has 0 aliphatic heterocycles. The van der Waals surface area contributed by atoms with Crippen molar-refractivity contribution in [2.24, 2.45) is 0 Å². The van der Waals surface area contributed by atoms with Crippen LogP contribution < -0.4 is 10.1 Å². The van der Waals surface area contributed by atoms with Crippen LogP contribution in [0.15, 0.2) is 64.4 Å². The minimum Gasteiger partial charge on any atom is -0.492 e. The monoisotopic (exact) mass is 347 g/mol. The highest BCUT2D eigenvalue weighted by molar-refractivity contribution is 7.91. The normalized spacial score (nSPS) is 11.4. The molecule has 0 aliphatic rings. The van der Waals surface area contributed by atoms with Gasteiger partial charge < -0.3 is 10.1 Å².